The Hall–Kier alpha value is -3.96. The van der Waals surface area contributed by atoms with Gasteiger partial charge in [0.25, 0.3) is 11.5 Å². The second-order valence-electron chi connectivity index (χ2n) is 7.39. The molecule has 3 rings (SSSR count). The number of ether oxygens (including phenoxy) is 2. The van der Waals surface area contributed by atoms with Crippen LogP contribution in [0.25, 0.3) is 11.7 Å². The Kier molecular flexibility index (Phi) is 7.95. The van der Waals surface area contributed by atoms with Crippen LogP contribution < -0.4 is 15.6 Å². The Morgan fingerprint density at radius 2 is 2.03 bits per heavy atom. The Labute approximate surface area is 192 Å². The van der Waals surface area contributed by atoms with Crippen molar-refractivity contribution in [2.75, 3.05) is 20.3 Å². The molecule has 3 aromatic rings. The van der Waals surface area contributed by atoms with Crippen LogP contribution in [-0.4, -0.2) is 35.6 Å². The van der Waals surface area contributed by atoms with Gasteiger partial charge in [-0.3, -0.25) is 14.0 Å². The lowest BCUT2D eigenvalue weighted by atomic mass is 10.1. The standard InChI is InChI=1S/C25H26N4O4/c1-4-18-8-10-20(11-9-18)33-24-21(15-19(16-26)23(30)27-12-6-14-32-3)25(31)29-13-5-7-17(2)22(29)28-24/h5,7-11,13,15H,4,6,12,14H2,1-3H3,(H,27,30). The molecule has 1 amide bonds. The number of nitriles is 1. The summed E-state index contributed by atoms with van der Waals surface area (Å²) in [5.74, 6) is -0.0618. The molecular weight excluding hydrogens is 420 g/mol. The first-order valence-electron chi connectivity index (χ1n) is 10.7. The minimum atomic E-state index is -0.583. The molecule has 33 heavy (non-hydrogen) atoms. The monoisotopic (exact) mass is 446 g/mol. The molecule has 2 aromatic heterocycles. The maximum atomic E-state index is 13.3. The molecule has 0 bridgehead atoms. The molecule has 0 fully saturated rings. The Bertz CT molecular complexity index is 1270. The van der Waals surface area contributed by atoms with Gasteiger partial charge in [-0.1, -0.05) is 25.1 Å². The minimum absolute atomic E-state index is 0.0151. The first-order valence-corrected chi connectivity index (χ1v) is 10.7. The quantitative estimate of drug-likeness (QED) is 0.307. The first-order chi connectivity index (χ1) is 16.0. The van der Waals surface area contributed by atoms with Crippen molar-refractivity contribution in [1.29, 1.82) is 5.26 Å². The number of pyridine rings is 1. The number of methoxy groups -OCH3 is 1. The maximum absolute atomic E-state index is 13.3. The predicted molar refractivity (Wildman–Crippen MR) is 125 cm³/mol. The number of benzene rings is 1. The van der Waals surface area contributed by atoms with Crippen molar-refractivity contribution in [3.8, 4) is 17.7 Å². The first kappa shape index (κ1) is 23.7. The number of carbonyl (C=O) groups excluding carboxylic acids is 1. The minimum Gasteiger partial charge on any atom is -0.438 e. The number of nitrogens with one attached hydrogen (secondary N) is 1. The maximum Gasteiger partial charge on any atom is 0.269 e. The highest BCUT2D eigenvalue weighted by atomic mass is 16.5. The molecule has 0 unspecified atom stereocenters. The van der Waals surface area contributed by atoms with E-state index in [0.717, 1.165) is 17.5 Å². The molecule has 0 aliphatic rings. The molecule has 0 atom stereocenters. The molecule has 1 aromatic carbocycles. The largest absolute Gasteiger partial charge is 0.438 e. The third-order valence-corrected chi connectivity index (χ3v) is 5.06. The van der Waals surface area contributed by atoms with Crippen molar-refractivity contribution in [2.45, 2.75) is 26.7 Å². The summed E-state index contributed by atoms with van der Waals surface area (Å²) in [6, 6.07) is 12.9. The fraction of sp³-hybridized carbons (Fsp3) is 0.280. The van der Waals surface area contributed by atoms with E-state index in [1.165, 1.54) is 10.5 Å². The van der Waals surface area contributed by atoms with E-state index in [-0.39, 0.29) is 17.0 Å². The topological polar surface area (TPSA) is 106 Å². The molecule has 0 aliphatic heterocycles. The zero-order valence-electron chi connectivity index (χ0n) is 18.9. The van der Waals surface area contributed by atoms with Gasteiger partial charge < -0.3 is 14.8 Å². The summed E-state index contributed by atoms with van der Waals surface area (Å²) >= 11 is 0. The van der Waals surface area contributed by atoms with Gasteiger partial charge in [-0.2, -0.15) is 10.2 Å². The van der Waals surface area contributed by atoms with E-state index in [0.29, 0.717) is 31.0 Å². The van der Waals surface area contributed by atoms with Crippen LogP contribution in [0.2, 0.25) is 0 Å². The van der Waals surface area contributed by atoms with E-state index < -0.39 is 11.5 Å². The number of fused-ring (bicyclic) bond motifs is 1. The van der Waals surface area contributed by atoms with Crippen molar-refractivity contribution < 1.29 is 14.3 Å². The number of hydrogen-bond acceptors (Lipinski definition) is 6. The van der Waals surface area contributed by atoms with Gasteiger partial charge in [-0.15, -0.1) is 0 Å². The van der Waals surface area contributed by atoms with Crippen molar-refractivity contribution in [3.05, 3.63) is 75.2 Å². The lowest BCUT2D eigenvalue weighted by molar-refractivity contribution is -0.117. The van der Waals surface area contributed by atoms with E-state index >= 15 is 0 Å². The number of nitrogens with zero attached hydrogens (tertiary/aromatic N) is 3. The molecule has 0 spiro atoms. The van der Waals surface area contributed by atoms with Gasteiger partial charge in [-0.05, 0) is 55.2 Å². The molecule has 0 radical (unpaired) electrons. The molecule has 8 nitrogen and oxygen atoms in total. The molecular formula is C25H26N4O4. The molecule has 2 heterocycles. The van der Waals surface area contributed by atoms with Crippen LogP contribution >= 0.6 is 0 Å². The van der Waals surface area contributed by atoms with E-state index in [1.807, 2.05) is 31.2 Å². The lowest BCUT2D eigenvalue weighted by Crippen LogP contribution is -2.27. The summed E-state index contributed by atoms with van der Waals surface area (Å²) in [5.41, 5.74) is 1.71. The van der Waals surface area contributed by atoms with Gasteiger partial charge in [0.1, 0.15) is 28.6 Å². The Morgan fingerprint density at radius 1 is 1.27 bits per heavy atom. The lowest BCUT2D eigenvalue weighted by Gasteiger charge is -2.12. The average molecular weight is 447 g/mol. The highest BCUT2D eigenvalue weighted by molar-refractivity contribution is 6.01. The normalized spacial score (nSPS) is 11.3. The van der Waals surface area contributed by atoms with Gasteiger partial charge in [0.05, 0.1) is 0 Å². The number of hydrogen-bond donors (Lipinski definition) is 1. The van der Waals surface area contributed by atoms with Crippen molar-refractivity contribution in [1.82, 2.24) is 14.7 Å². The molecule has 0 saturated carbocycles. The van der Waals surface area contributed by atoms with Crippen LogP contribution in [0.4, 0.5) is 0 Å². The molecule has 1 N–H and O–H groups in total. The van der Waals surface area contributed by atoms with Crippen LogP contribution in [0.1, 0.15) is 30.0 Å². The average Bonchev–Trinajstić information content (AvgIpc) is 2.83. The number of carbonyl (C=O) groups is 1. The van der Waals surface area contributed by atoms with Crippen LogP contribution in [0.3, 0.4) is 0 Å². The second-order valence-corrected chi connectivity index (χ2v) is 7.39. The highest BCUT2D eigenvalue weighted by Crippen LogP contribution is 2.25. The van der Waals surface area contributed by atoms with Gasteiger partial charge in [0, 0.05) is 26.5 Å². The summed E-state index contributed by atoms with van der Waals surface area (Å²) in [6.45, 7) is 4.71. The molecule has 170 valence electrons. The number of aromatic nitrogens is 2. The van der Waals surface area contributed by atoms with E-state index in [4.69, 9.17) is 9.47 Å². The fourth-order valence-corrected chi connectivity index (χ4v) is 3.20. The van der Waals surface area contributed by atoms with Crippen LogP contribution in [0.5, 0.6) is 11.6 Å². The van der Waals surface area contributed by atoms with E-state index in [1.54, 1.807) is 31.5 Å². The van der Waals surface area contributed by atoms with Gasteiger partial charge in [-0.25, -0.2) is 0 Å². The SMILES string of the molecule is CCc1ccc(Oc2nc3c(C)cccn3c(=O)c2C=C(C#N)C(=O)NCCCOC)cc1. The molecule has 8 heteroatoms. The fourth-order valence-electron chi connectivity index (χ4n) is 3.20. The highest BCUT2D eigenvalue weighted by Gasteiger charge is 2.18. The summed E-state index contributed by atoms with van der Waals surface area (Å²) in [7, 11) is 1.57. The van der Waals surface area contributed by atoms with E-state index in [2.05, 4.69) is 17.2 Å². The summed E-state index contributed by atoms with van der Waals surface area (Å²) in [4.78, 5) is 30.3. The second kappa shape index (κ2) is 11.1. The predicted octanol–water partition coefficient (Wildman–Crippen LogP) is 3.42. The number of rotatable bonds is 9. The van der Waals surface area contributed by atoms with Gasteiger partial charge in [0.2, 0.25) is 5.88 Å². The summed E-state index contributed by atoms with van der Waals surface area (Å²) < 4.78 is 12.3. The van der Waals surface area contributed by atoms with Crippen molar-refractivity contribution in [2.24, 2.45) is 0 Å². The van der Waals surface area contributed by atoms with Crippen LogP contribution in [0.15, 0.2) is 53.0 Å². The zero-order valence-corrected chi connectivity index (χ0v) is 18.9. The zero-order chi connectivity index (χ0) is 23.8. The third-order valence-electron chi connectivity index (χ3n) is 5.06. The Balaban J connectivity index is 2.07. The van der Waals surface area contributed by atoms with Crippen LogP contribution in [0, 0.1) is 18.3 Å². The van der Waals surface area contributed by atoms with E-state index in [9.17, 15) is 14.9 Å². The smallest absolute Gasteiger partial charge is 0.269 e. The van der Waals surface area contributed by atoms with Gasteiger partial charge in [0.15, 0.2) is 0 Å². The summed E-state index contributed by atoms with van der Waals surface area (Å²) in [5, 5.41) is 12.2. The summed E-state index contributed by atoms with van der Waals surface area (Å²) in [6.07, 6.45) is 4.30. The number of aryl methyl sites for hydroxylation is 2. The van der Waals surface area contributed by atoms with Crippen molar-refractivity contribution >= 4 is 17.6 Å². The van der Waals surface area contributed by atoms with Gasteiger partial charge >= 0.3 is 0 Å². The molecule has 0 aliphatic carbocycles. The molecule has 0 saturated heterocycles. The Morgan fingerprint density at radius 3 is 2.70 bits per heavy atom. The van der Waals surface area contributed by atoms with Crippen molar-refractivity contribution in [3.63, 3.8) is 0 Å². The third kappa shape index (κ3) is 5.64. The number of amides is 1. The van der Waals surface area contributed by atoms with Crippen LogP contribution in [-0.2, 0) is 16.0 Å².